The second-order valence-corrected chi connectivity index (χ2v) is 6.64. The highest BCUT2D eigenvalue weighted by Gasteiger charge is 2.38. The molecule has 3 rings (SSSR count). The first kappa shape index (κ1) is 18.6. The van der Waals surface area contributed by atoms with Crippen LogP contribution in [0.25, 0.3) is 10.9 Å². The fraction of sp³-hybridized carbons (Fsp3) is 0.444. The molecule has 2 unspecified atom stereocenters. The van der Waals surface area contributed by atoms with Crippen LogP contribution in [0.5, 0.6) is 0 Å². The fourth-order valence-corrected chi connectivity index (χ4v) is 3.54. The van der Waals surface area contributed by atoms with Gasteiger partial charge in [-0.3, -0.25) is 9.78 Å². The van der Waals surface area contributed by atoms with Crippen molar-refractivity contribution >= 4 is 16.8 Å². The van der Waals surface area contributed by atoms with Gasteiger partial charge < -0.3 is 11.1 Å². The van der Waals surface area contributed by atoms with Gasteiger partial charge in [0.1, 0.15) is 5.82 Å². The first-order valence-corrected chi connectivity index (χ1v) is 8.46. The average Bonchev–Trinajstić information content (AvgIpc) is 2.59. The van der Waals surface area contributed by atoms with Crippen LogP contribution in [0.1, 0.15) is 41.6 Å². The van der Waals surface area contributed by atoms with E-state index in [1.807, 2.05) is 0 Å². The molecule has 26 heavy (non-hydrogen) atoms. The maximum atomic E-state index is 13.6. The number of nitrogens with zero attached hydrogens (tertiary/aromatic N) is 1. The van der Waals surface area contributed by atoms with Crippen LogP contribution in [-0.4, -0.2) is 23.5 Å². The van der Waals surface area contributed by atoms with Gasteiger partial charge in [0.2, 0.25) is 0 Å². The number of aromatic nitrogens is 1. The van der Waals surface area contributed by atoms with Crippen molar-refractivity contribution in [3.8, 4) is 0 Å². The minimum Gasteiger partial charge on any atom is -0.349 e. The molecule has 3 N–H and O–H groups in total. The van der Waals surface area contributed by atoms with Crippen molar-refractivity contribution in [3.63, 3.8) is 0 Å². The molecule has 2 aromatic rings. The number of benzene rings is 1. The second kappa shape index (κ2) is 7.19. The van der Waals surface area contributed by atoms with E-state index in [0.717, 1.165) is 37.2 Å². The van der Waals surface area contributed by atoms with Crippen LogP contribution in [0.3, 0.4) is 0 Å². The molecule has 0 bridgehead atoms. The van der Waals surface area contributed by atoms with Gasteiger partial charge in [-0.2, -0.15) is 13.2 Å². The summed E-state index contributed by atoms with van der Waals surface area (Å²) < 4.78 is 54.3. The number of carbonyl (C=O) groups is 1. The van der Waals surface area contributed by atoms with Gasteiger partial charge >= 0.3 is 6.18 Å². The molecule has 140 valence electrons. The molecule has 1 aromatic heterocycles. The molecular formula is C18H19F4N3O. The van der Waals surface area contributed by atoms with E-state index >= 15 is 0 Å². The number of nitrogens with one attached hydrogen (secondary N) is 1. The smallest absolute Gasteiger partial charge is 0.349 e. The number of hydrogen-bond acceptors (Lipinski definition) is 3. The highest BCUT2D eigenvalue weighted by atomic mass is 19.4. The van der Waals surface area contributed by atoms with E-state index in [2.05, 4.69) is 10.3 Å². The summed E-state index contributed by atoms with van der Waals surface area (Å²) in [6.45, 7) is 0.483. The highest BCUT2D eigenvalue weighted by molar-refractivity contribution is 6.00. The van der Waals surface area contributed by atoms with Crippen molar-refractivity contribution in [1.29, 1.82) is 0 Å². The summed E-state index contributed by atoms with van der Waals surface area (Å²) in [5, 5.41) is 2.24. The summed E-state index contributed by atoms with van der Waals surface area (Å²) in [5.74, 6) is -1.42. The topological polar surface area (TPSA) is 68.0 Å². The lowest BCUT2D eigenvalue weighted by atomic mass is 9.85. The quantitative estimate of drug-likeness (QED) is 0.812. The predicted molar refractivity (Wildman–Crippen MR) is 89.0 cm³/mol. The van der Waals surface area contributed by atoms with Gasteiger partial charge in [0.15, 0.2) is 0 Å². The second-order valence-electron chi connectivity index (χ2n) is 6.64. The van der Waals surface area contributed by atoms with Gasteiger partial charge in [-0.15, -0.1) is 0 Å². The number of rotatable bonds is 3. The Morgan fingerprint density at radius 1 is 1.31 bits per heavy atom. The Morgan fingerprint density at radius 3 is 2.77 bits per heavy atom. The van der Waals surface area contributed by atoms with Crippen LogP contribution in [0.2, 0.25) is 0 Å². The van der Waals surface area contributed by atoms with Gasteiger partial charge in [-0.1, -0.05) is 6.42 Å². The van der Waals surface area contributed by atoms with Crippen LogP contribution in [0.15, 0.2) is 24.4 Å². The lowest BCUT2D eigenvalue weighted by Gasteiger charge is -2.29. The largest absolute Gasteiger partial charge is 0.417 e. The van der Waals surface area contributed by atoms with Gasteiger partial charge in [-0.05, 0) is 49.9 Å². The highest BCUT2D eigenvalue weighted by Crippen LogP contribution is 2.37. The molecule has 1 saturated carbocycles. The molecule has 1 aromatic carbocycles. The van der Waals surface area contributed by atoms with Crippen molar-refractivity contribution in [2.75, 3.05) is 6.54 Å². The van der Waals surface area contributed by atoms with E-state index in [1.54, 1.807) is 0 Å². The Labute approximate surface area is 147 Å². The molecule has 0 radical (unpaired) electrons. The zero-order valence-electron chi connectivity index (χ0n) is 13.9. The van der Waals surface area contributed by atoms with Crippen LogP contribution in [-0.2, 0) is 6.18 Å². The molecule has 1 heterocycles. The van der Waals surface area contributed by atoms with Crippen molar-refractivity contribution in [2.24, 2.45) is 11.7 Å². The number of halogens is 4. The predicted octanol–water partition coefficient (Wildman–Crippen LogP) is 3.64. The van der Waals surface area contributed by atoms with E-state index in [0.29, 0.717) is 19.4 Å². The average molecular weight is 369 g/mol. The first-order valence-electron chi connectivity index (χ1n) is 8.46. The Bertz CT molecular complexity index is 822. The van der Waals surface area contributed by atoms with E-state index in [-0.39, 0.29) is 17.5 Å². The molecule has 8 heteroatoms. The van der Waals surface area contributed by atoms with Crippen LogP contribution >= 0.6 is 0 Å². The molecule has 1 fully saturated rings. The summed E-state index contributed by atoms with van der Waals surface area (Å²) in [7, 11) is 0. The Morgan fingerprint density at radius 2 is 2.08 bits per heavy atom. The molecule has 4 nitrogen and oxygen atoms in total. The Balaban J connectivity index is 1.97. The van der Waals surface area contributed by atoms with Crippen molar-refractivity contribution < 1.29 is 22.4 Å². The van der Waals surface area contributed by atoms with Gasteiger partial charge in [0.25, 0.3) is 5.91 Å². The van der Waals surface area contributed by atoms with Crippen LogP contribution in [0, 0.1) is 11.7 Å². The van der Waals surface area contributed by atoms with Crippen molar-refractivity contribution in [1.82, 2.24) is 10.3 Å². The monoisotopic (exact) mass is 369 g/mol. The zero-order valence-corrected chi connectivity index (χ0v) is 13.9. The number of amides is 1. The van der Waals surface area contributed by atoms with E-state index < -0.39 is 34.4 Å². The Kier molecular flexibility index (Phi) is 5.13. The third-order valence-electron chi connectivity index (χ3n) is 4.81. The fourth-order valence-electron chi connectivity index (χ4n) is 3.54. The summed E-state index contributed by atoms with van der Waals surface area (Å²) in [4.78, 5) is 16.4. The summed E-state index contributed by atoms with van der Waals surface area (Å²) >= 11 is 0. The van der Waals surface area contributed by atoms with E-state index in [1.165, 1.54) is 0 Å². The number of carbonyl (C=O) groups excluding carboxylic acids is 1. The molecule has 1 amide bonds. The third kappa shape index (κ3) is 3.80. The summed E-state index contributed by atoms with van der Waals surface area (Å²) in [5.41, 5.74) is 3.89. The summed E-state index contributed by atoms with van der Waals surface area (Å²) in [6, 6.07) is 2.72. The molecule has 0 saturated heterocycles. The molecular weight excluding hydrogens is 350 g/mol. The minimum atomic E-state index is -4.81. The number of nitrogens with two attached hydrogens (primary N) is 1. The molecule has 1 aliphatic carbocycles. The van der Waals surface area contributed by atoms with Gasteiger partial charge in [-0.25, -0.2) is 4.39 Å². The molecule has 0 aliphatic heterocycles. The minimum absolute atomic E-state index is 0.0175. The third-order valence-corrected chi connectivity index (χ3v) is 4.81. The molecule has 2 atom stereocenters. The number of pyridine rings is 1. The first-order chi connectivity index (χ1) is 12.3. The molecule has 1 aliphatic rings. The zero-order chi connectivity index (χ0) is 18.9. The Hall–Kier alpha value is -2.22. The normalized spacial score (nSPS) is 21.0. The maximum absolute atomic E-state index is 13.6. The van der Waals surface area contributed by atoms with Crippen molar-refractivity contribution in [2.45, 2.75) is 37.9 Å². The van der Waals surface area contributed by atoms with E-state index in [4.69, 9.17) is 5.73 Å². The van der Waals surface area contributed by atoms with Crippen LogP contribution in [0.4, 0.5) is 17.6 Å². The van der Waals surface area contributed by atoms with Crippen molar-refractivity contribution in [3.05, 3.63) is 41.3 Å². The van der Waals surface area contributed by atoms with Gasteiger partial charge in [0, 0.05) is 17.6 Å². The lowest BCUT2D eigenvalue weighted by Crippen LogP contribution is -2.40. The number of alkyl halides is 3. The SMILES string of the molecule is NCC1CCCC(NC(=O)c2cnc3ccc(F)cc3c2C(F)(F)F)C1. The van der Waals surface area contributed by atoms with Crippen LogP contribution < -0.4 is 11.1 Å². The standard InChI is InChI=1S/C18H19F4N3O/c19-11-4-5-15-13(7-11)16(18(20,21)22)14(9-24-15)17(26)25-12-3-1-2-10(6-12)8-23/h4-5,7,9-10,12H,1-3,6,8,23H2,(H,25,26). The molecule has 0 spiro atoms. The maximum Gasteiger partial charge on any atom is 0.417 e. The van der Waals surface area contributed by atoms with Gasteiger partial charge in [0.05, 0.1) is 16.6 Å². The number of hydrogen-bond donors (Lipinski definition) is 2. The number of fused-ring (bicyclic) bond motifs is 1. The summed E-state index contributed by atoms with van der Waals surface area (Å²) in [6.07, 6.45) is -0.762. The lowest BCUT2D eigenvalue weighted by molar-refractivity contribution is -0.136. The van der Waals surface area contributed by atoms with E-state index in [9.17, 15) is 22.4 Å².